The number of nitrogens with zero attached hydrogens (tertiary/aromatic N) is 2. The van der Waals surface area contributed by atoms with E-state index in [4.69, 9.17) is 9.26 Å². The number of hydrogen-bond donors (Lipinski definition) is 1. The first-order chi connectivity index (χ1) is 11.1. The molecule has 4 rings (SSSR count). The molecule has 23 heavy (non-hydrogen) atoms. The second-order valence-electron chi connectivity index (χ2n) is 5.05. The molecular weight excluding hydrogens is 316 g/mol. The summed E-state index contributed by atoms with van der Waals surface area (Å²) in [5.74, 6) is 0.201. The lowest BCUT2D eigenvalue weighted by atomic mass is 10.1. The molecule has 2 aromatic carbocycles. The maximum absolute atomic E-state index is 12.0. The molecule has 0 radical (unpaired) electrons. The van der Waals surface area contributed by atoms with Crippen LogP contribution in [0.1, 0.15) is 11.4 Å². The number of benzene rings is 2. The van der Waals surface area contributed by atoms with E-state index >= 15 is 0 Å². The van der Waals surface area contributed by atoms with Crippen LogP contribution in [0.15, 0.2) is 62.7 Å². The van der Waals surface area contributed by atoms with Crippen molar-refractivity contribution in [3.05, 3.63) is 70.5 Å². The van der Waals surface area contributed by atoms with Crippen molar-refractivity contribution in [1.29, 1.82) is 0 Å². The van der Waals surface area contributed by atoms with Gasteiger partial charge in [-0.25, -0.2) is 9.36 Å². The molecule has 0 saturated carbocycles. The smallest absolute Gasteiger partial charge is 0.446 e. The van der Waals surface area contributed by atoms with Crippen LogP contribution in [0.5, 0.6) is 5.75 Å². The van der Waals surface area contributed by atoms with E-state index in [0.717, 1.165) is 4.90 Å². The molecule has 1 aliphatic rings. The Morgan fingerprint density at radius 1 is 1.22 bits per heavy atom. The molecule has 7 heteroatoms. The summed E-state index contributed by atoms with van der Waals surface area (Å²) in [7, 11) is 1.57. The fourth-order valence-corrected chi connectivity index (χ4v) is 3.82. The van der Waals surface area contributed by atoms with Gasteiger partial charge in [0.1, 0.15) is 5.75 Å². The highest BCUT2D eigenvalue weighted by Crippen LogP contribution is 2.49. The number of hydrogen-bond acceptors (Lipinski definition) is 6. The summed E-state index contributed by atoms with van der Waals surface area (Å²) in [5.41, 5.74) is 1.23. The molecule has 1 N–H and O–H groups in total. The molecule has 2 heterocycles. The van der Waals surface area contributed by atoms with Gasteiger partial charge >= 0.3 is 5.76 Å². The molecule has 6 nitrogen and oxygen atoms in total. The summed E-state index contributed by atoms with van der Waals surface area (Å²) in [5, 5.41) is 15.1. The molecular formula is C16H12N2O4S. The molecule has 3 aromatic rings. The van der Waals surface area contributed by atoms with E-state index in [1.807, 2.05) is 18.2 Å². The van der Waals surface area contributed by atoms with Gasteiger partial charge in [0.2, 0.25) is 10.8 Å². The monoisotopic (exact) mass is 328 g/mol. The second-order valence-corrected chi connectivity index (χ2v) is 6.28. The summed E-state index contributed by atoms with van der Waals surface area (Å²) in [6.07, 6.45) is 0. The Hall–Kier alpha value is -2.51. The number of aliphatic hydroxyl groups is 1. The minimum atomic E-state index is -1.52. The number of ether oxygens (including phenoxy) is 1. The van der Waals surface area contributed by atoms with Gasteiger partial charge in [0, 0.05) is 10.5 Å². The Balaban J connectivity index is 1.95. The third-order valence-corrected chi connectivity index (χ3v) is 5.03. The van der Waals surface area contributed by atoms with Crippen LogP contribution in [0.25, 0.3) is 5.69 Å². The SMILES string of the molecule is COc1ccc(C2(O)Sc3ccccc3-n3c2noc3=O)cc1. The van der Waals surface area contributed by atoms with E-state index < -0.39 is 10.7 Å². The topological polar surface area (TPSA) is 77.5 Å². The minimum absolute atomic E-state index is 0.149. The standard InChI is InChI=1S/C16H12N2O4S/c1-21-11-8-6-10(7-9-11)16(20)14-17-22-15(19)18(14)12-4-2-3-5-13(12)23-16/h2-9,20H,1H3. The minimum Gasteiger partial charge on any atom is -0.497 e. The van der Waals surface area contributed by atoms with Gasteiger partial charge in [0.25, 0.3) is 0 Å². The first kappa shape index (κ1) is 14.1. The predicted octanol–water partition coefficient (Wildman–Crippen LogP) is 2.13. The maximum atomic E-state index is 12.0. The van der Waals surface area contributed by atoms with Crippen LogP contribution < -0.4 is 10.5 Å². The fourth-order valence-electron chi connectivity index (χ4n) is 2.61. The number of rotatable bonds is 2. The highest BCUT2D eigenvalue weighted by Gasteiger charge is 2.44. The van der Waals surface area contributed by atoms with Gasteiger partial charge in [-0.05, 0) is 24.3 Å². The molecule has 0 aliphatic carbocycles. The normalized spacial score (nSPS) is 19.0. The number of aromatic nitrogens is 2. The van der Waals surface area contributed by atoms with Crippen LogP contribution >= 0.6 is 11.8 Å². The van der Waals surface area contributed by atoms with Gasteiger partial charge in [-0.15, -0.1) is 0 Å². The largest absolute Gasteiger partial charge is 0.497 e. The molecule has 0 amide bonds. The lowest BCUT2D eigenvalue weighted by Gasteiger charge is -2.31. The van der Waals surface area contributed by atoms with Crippen molar-refractivity contribution in [2.45, 2.75) is 9.83 Å². The molecule has 0 bridgehead atoms. The van der Waals surface area contributed by atoms with E-state index in [0.29, 0.717) is 17.0 Å². The van der Waals surface area contributed by atoms with Crippen LogP contribution in [-0.4, -0.2) is 21.9 Å². The van der Waals surface area contributed by atoms with Gasteiger partial charge < -0.3 is 9.84 Å². The average Bonchev–Trinajstić information content (AvgIpc) is 2.98. The lowest BCUT2D eigenvalue weighted by Crippen LogP contribution is -2.33. The van der Waals surface area contributed by atoms with E-state index in [1.165, 1.54) is 16.3 Å². The summed E-state index contributed by atoms with van der Waals surface area (Å²) in [4.78, 5) is 11.3. The molecule has 1 aliphatic heterocycles. The van der Waals surface area contributed by atoms with E-state index in [1.54, 1.807) is 37.4 Å². The van der Waals surface area contributed by atoms with Gasteiger partial charge in [-0.2, -0.15) is 0 Å². The summed E-state index contributed by atoms with van der Waals surface area (Å²) >= 11 is 1.21. The van der Waals surface area contributed by atoms with Crippen LogP contribution in [0.4, 0.5) is 0 Å². The van der Waals surface area contributed by atoms with Gasteiger partial charge in [-0.3, -0.25) is 4.52 Å². The summed E-state index contributed by atoms with van der Waals surface area (Å²) < 4.78 is 11.2. The third-order valence-electron chi connectivity index (χ3n) is 3.75. The maximum Gasteiger partial charge on any atom is 0.446 e. The average molecular weight is 328 g/mol. The van der Waals surface area contributed by atoms with Crippen LogP contribution in [0.2, 0.25) is 0 Å². The number of fused-ring (bicyclic) bond motifs is 3. The molecule has 0 fully saturated rings. The highest BCUT2D eigenvalue weighted by molar-refractivity contribution is 8.00. The zero-order valence-electron chi connectivity index (χ0n) is 12.1. The Labute approximate surface area is 135 Å². The number of thioether (sulfide) groups is 1. The third kappa shape index (κ3) is 2.01. The quantitative estimate of drug-likeness (QED) is 0.776. The Bertz CT molecular complexity index is 932. The molecule has 1 atom stereocenters. The Morgan fingerprint density at radius 2 is 1.96 bits per heavy atom. The number of methoxy groups -OCH3 is 1. The predicted molar refractivity (Wildman–Crippen MR) is 83.9 cm³/mol. The van der Waals surface area contributed by atoms with Crippen molar-refractivity contribution >= 4 is 11.8 Å². The second kappa shape index (κ2) is 5.00. The lowest BCUT2D eigenvalue weighted by molar-refractivity contribution is 0.163. The van der Waals surface area contributed by atoms with Crippen molar-refractivity contribution in [3.8, 4) is 11.4 Å². The van der Waals surface area contributed by atoms with Crippen molar-refractivity contribution < 1.29 is 14.4 Å². The molecule has 0 saturated heterocycles. The first-order valence-corrected chi connectivity index (χ1v) is 7.69. The molecule has 116 valence electrons. The van der Waals surface area contributed by atoms with Crippen molar-refractivity contribution in [2.75, 3.05) is 7.11 Å². The summed E-state index contributed by atoms with van der Waals surface area (Å²) in [6.45, 7) is 0. The van der Waals surface area contributed by atoms with Gasteiger partial charge in [-0.1, -0.05) is 41.2 Å². The van der Waals surface area contributed by atoms with Gasteiger partial charge in [0.05, 0.1) is 12.8 Å². The molecule has 0 spiro atoms. The number of para-hydroxylation sites is 1. The fraction of sp³-hybridized carbons (Fsp3) is 0.125. The zero-order chi connectivity index (χ0) is 16.0. The van der Waals surface area contributed by atoms with Crippen molar-refractivity contribution in [1.82, 2.24) is 9.72 Å². The molecule has 1 unspecified atom stereocenters. The van der Waals surface area contributed by atoms with Crippen LogP contribution in [0, 0.1) is 0 Å². The van der Waals surface area contributed by atoms with Crippen LogP contribution in [-0.2, 0) is 4.93 Å². The zero-order valence-corrected chi connectivity index (χ0v) is 12.9. The highest BCUT2D eigenvalue weighted by atomic mass is 32.2. The van der Waals surface area contributed by atoms with Gasteiger partial charge in [0.15, 0.2) is 0 Å². The van der Waals surface area contributed by atoms with E-state index in [9.17, 15) is 9.90 Å². The Morgan fingerprint density at radius 3 is 2.70 bits per heavy atom. The summed E-state index contributed by atoms with van der Waals surface area (Å²) in [6, 6.07) is 14.3. The van der Waals surface area contributed by atoms with Crippen LogP contribution in [0.3, 0.4) is 0 Å². The molecule has 1 aromatic heterocycles. The van der Waals surface area contributed by atoms with E-state index in [-0.39, 0.29) is 5.82 Å². The van der Waals surface area contributed by atoms with Crippen molar-refractivity contribution in [2.24, 2.45) is 0 Å². The first-order valence-electron chi connectivity index (χ1n) is 6.88. The van der Waals surface area contributed by atoms with E-state index in [2.05, 4.69) is 5.16 Å². The Kier molecular flexibility index (Phi) is 3.07. The van der Waals surface area contributed by atoms with Crippen molar-refractivity contribution in [3.63, 3.8) is 0 Å².